The van der Waals surface area contributed by atoms with E-state index < -0.39 is 5.97 Å². The molecule has 26 heavy (non-hydrogen) atoms. The van der Waals surface area contributed by atoms with Crippen LogP contribution in [0.4, 0.5) is 0 Å². The fourth-order valence-corrected chi connectivity index (χ4v) is 2.68. The van der Waals surface area contributed by atoms with E-state index in [1.807, 2.05) is 31.2 Å². The van der Waals surface area contributed by atoms with Crippen LogP contribution in [-0.2, 0) is 4.74 Å². The summed E-state index contributed by atoms with van der Waals surface area (Å²) in [7, 11) is 0. The van der Waals surface area contributed by atoms with Crippen LogP contribution in [0.1, 0.15) is 51.5 Å². The number of esters is 1. The van der Waals surface area contributed by atoms with E-state index in [4.69, 9.17) is 9.47 Å². The molecule has 0 aliphatic rings. The average Bonchev–Trinajstić information content (AvgIpc) is 2.85. The van der Waals surface area contributed by atoms with Crippen molar-refractivity contribution in [1.29, 1.82) is 0 Å². The van der Waals surface area contributed by atoms with Crippen LogP contribution in [0.5, 0.6) is 5.75 Å². The van der Waals surface area contributed by atoms with Gasteiger partial charge < -0.3 is 19.8 Å². The maximum atomic E-state index is 12.4. The Balaban J connectivity index is 1.94. The number of aromatic amines is 1. The highest BCUT2D eigenvalue weighted by Gasteiger charge is 2.23. The number of nitrogens with one attached hydrogen (secondary N) is 2. The van der Waals surface area contributed by atoms with Gasteiger partial charge in [0.1, 0.15) is 18.1 Å². The van der Waals surface area contributed by atoms with Gasteiger partial charge in [0.2, 0.25) is 0 Å². The van der Waals surface area contributed by atoms with E-state index >= 15 is 0 Å². The molecule has 0 aliphatic carbocycles. The van der Waals surface area contributed by atoms with Crippen molar-refractivity contribution < 1.29 is 19.1 Å². The number of benzene rings is 1. The SMILES string of the molecule is Cc1cccc(OCCNC(=O)c2[nH]c(C)c(C(=O)OC(C)C)c2C)c1. The van der Waals surface area contributed by atoms with Crippen molar-refractivity contribution >= 4 is 11.9 Å². The molecule has 6 nitrogen and oxygen atoms in total. The summed E-state index contributed by atoms with van der Waals surface area (Å²) in [5, 5.41) is 2.80. The summed E-state index contributed by atoms with van der Waals surface area (Å²) in [6.45, 7) is 9.77. The molecule has 0 saturated heterocycles. The van der Waals surface area contributed by atoms with Gasteiger partial charge in [-0.1, -0.05) is 12.1 Å². The molecule has 0 saturated carbocycles. The largest absolute Gasteiger partial charge is 0.492 e. The fraction of sp³-hybridized carbons (Fsp3) is 0.400. The van der Waals surface area contributed by atoms with Crippen molar-refractivity contribution in [2.75, 3.05) is 13.2 Å². The molecule has 2 N–H and O–H groups in total. The minimum atomic E-state index is -0.423. The third-order valence-electron chi connectivity index (χ3n) is 3.86. The second-order valence-electron chi connectivity index (χ2n) is 6.50. The summed E-state index contributed by atoms with van der Waals surface area (Å²) < 4.78 is 10.9. The highest BCUT2D eigenvalue weighted by atomic mass is 16.5. The normalized spacial score (nSPS) is 10.7. The van der Waals surface area contributed by atoms with Gasteiger partial charge >= 0.3 is 5.97 Å². The van der Waals surface area contributed by atoms with Crippen molar-refractivity contribution in [2.45, 2.75) is 40.7 Å². The van der Waals surface area contributed by atoms with Gasteiger partial charge in [-0.3, -0.25) is 4.79 Å². The molecule has 1 heterocycles. The van der Waals surface area contributed by atoms with E-state index in [1.54, 1.807) is 27.7 Å². The van der Waals surface area contributed by atoms with Gasteiger partial charge in [0.05, 0.1) is 18.2 Å². The minimum Gasteiger partial charge on any atom is -0.492 e. The minimum absolute atomic E-state index is 0.216. The number of aromatic nitrogens is 1. The number of ether oxygens (including phenoxy) is 2. The van der Waals surface area contributed by atoms with Crippen molar-refractivity contribution in [3.8, 4) is 5.75 Å². The number of amides is 1. The standard InChI is InChI=1S/C20H26N2O4/c1-12(2)26-20(24)17-14(4)18(22-15(17)5)19(23)21-9-10-25-16-8-6-7-13(3)11-16/h6-8,11-12,22H,9-10H2,1-5H3,(H,21,23). The van der Waals surface area contributed by atoms with E-state index in [0.717, 1.165) is 11.3 Å². The Hall–Kier alpha value is -2.76. The quantitative estimate of drug-likeness (QED) is 0.588. The first kappa shape index (κ1) is 19.6. The molecule has 0 atom stereocenters. The third kappa shape index (κ3) is 4.88. The van der Waals surface area contributed by atoms with Crippen LogP contribution in [0.2, 0.25) is 0 Å². The Morgan fingerprint density at radius 1 is 1.19 bits per heavy atom. The molecule has 0 radical (unpaired) electrons. The molecular formula is C20H26N2O4. The molecule has 0 bridgehead atoms. The van der Waals surface area contributed by atoms with Crippen molar-refractivity contribution in [2.24, 2.45) is 0 Å². The number of rotatable bonds is 7. The van der Waals surface area contributed by atoms with Crippen molar-refractivity contribution in [3.05, 3.63) is 52.3 Å². The molecule has 1 aromatic carbocycles. The molecule has 140 valence electrons. The van der Waals surface area contributed by atoms with Crippen molar-refractivity contribution in [1.82, 2.24) is 10.3 Å². The van der Waals surface area contributed by atoms with Gasteiger partial charge in [-0.05, 0) is 57.9 Å². The van der Waals surface area contributed by atoms with Crippen LogP contribution < -0.4 is 10.1 Å². The topological polar surface area (TPSA) is 80.4 Å². The molecule has 2 aromatic rings. The Morgan fingerprint density at radius 2 is 1.92 bits per heavy atom. The highest BCUT2D eigenvalue weighted by Crippen LogP contribution is 2.19. The smallest absolute Gasteiger partial charge is 0.340 e. The number of carbonyl (C=O) groups excluding carboxylic acids is 2. The molecule has 0 fully saturated rings. The number of aryl methyl sites for hydroxylation is 2. The highest BCUT2D eigenvalue weighted by molar-refractivity contribution is 6.00. The summed E-state index contributed by atoms with van der Waals surface area (Å²) in [6, 6.07) is 7.73. The number of carbonyl (C=O) groups is 2. The maximum Gasteiger partial charge on any atom is 0.340 e. The summed E-state index contributed by atoms with van der Waals surface area (Å²) in [5.74, 6) is 0.0694. The molecular weight excluding hydrogens is 332 g/mol. The molecule has 0 unspecified atom stereocenters. The van der Waals surface area contributed by atoms with E-state index in [-0.39, 0.29) is 12.0 Å². The molecule has 1 aromatic heterocycles. The van der Waals surface area contributed by atoms with Gasteiger partial charge in [0.15, 0.2) is 0 Å². The second kappa shape index (κ2) is 8.56. The first-order chi connectivity index (χ1) is 12.3. The van der Waals surface area contributed by atoms with Gasteiger partial charge in [0, 0.05) is 5.69 Å². The lowest BCUT2D eigenvalue weighted by Gasteiger charge is -2.09. The first-order valence-corrected chi connectivity index (χ1v) is 8.67. The number of hydrogen-bond acceptors (Lipinski definition) is 4. The molecule has 1 amide bonds. The summed E-state index contributed by atoms with van der Waals surface area (Å²) >= 11 is 0. The first-order valence-electron chi connectivity index (χ1n) is 8.67. The van der Waals surface area contributed by atoms with Gasteiger partial charge in [-0.25, -0.2) is 4.79 Å². The van der Waals surface area contributed by atoms with Gasteiger partial charge in [-0.15, -0.1) is 0 Å². The Labute approximate surface area is 153 Å². The predicted molar refractivity (Wildman–Crippen MR) is 99.8 cm³/mol. The monoisotopic (exact) mass is 358 g/mol. The lowest BCUT2D eigenvalue weighted by atomic mass is 10.1. The molecule has 6 heteroatoms. The van der Waals surface area contributed by atoms with Crippen LogP contribution in [0.25, 0.3) is 0 Å². The average molecular weight is 358 g/mol. The second-order valence-corrected chi connectivity index (χ2v) is 6.50. The summed E-state index contributed by atoms with van der Waals surface area (Å²) in [6.07, 6.45) is -0.216. The zero-order valence-corrected chi connectivity index (χ0v) is 15.9. The van der Waals surface area contributed by atoms with Crippen LogP contribution in [0.15, 0.2) is 24.3 Å². The van der Waals surface area contributed by atoms with Crippen LogP contribution in [-0.4, -0.2) is 36.1 Å². The van der Waals surface area contributed by atoms with E-state index in [1.165, 1.54) is 0 Å². The summed E-state index contributed by atoms with van der Waals surface area (Å²) in [4.78, 5) is 27.6. The predicted octanol–water partition coefficient (Wildman–Crippen LogP) is 3.31. The molecule has 0 aliphatic heterocycles. The lowest BCUT2D eigenvalue weighted by Crippen LogP contribution is -2.29. The molecule has 2 rings (SSSR count). The third-order valence-corrected chi connectivity index (χ3v) is 3.86. The van der Waals surface area contributed by atoms with Gasteiger partial charge in [0.25, 0.3) is 5.91 Å². The van der Waals surface area contributed by atoms with Crippen LogP contribution >= 0.6 is 0 Å². The van der Waals surface area contributed by atoms with E-state index in [9.17, 15) is 9.59 Å². The Morgan fingerprint density at radius 3 is 2.58 bits per heavy atom. The van der Waals surface area contributed by atoms with Gasteiger partial charge in [-0.2, -0.15) is 0 Å². The van der Waals surface area contributed by atoms with E-state index in [2.05, 4.69) is 10.3 Å². The Kier molecular flexibility index (Phi) is 6.44. The Bertz CT molecular complexity index is 793. The van der Waals surface area contributed by atoms with Crippen LogP contribution in [0.3, 0.4) is 0 Å². The van der Waals surface area contributed by atoms with Crippen molar-refractivity contribution in [3.63, 3.8) is 0 Å². The molecule has 0 spiro atoms. The van der Waals surface area contributed by atoms with Crippen LogP contribution in [0, 0.1) is 20.8 Å². The zero-order valence-electron chi connectivity index (χ0n) is 15.9. The number of hydrogen-bond donors (Lipinski definition) is 2. The number of H-pyrrole nitrogens is 1. The lowest BCUT2D eigenvalue weighted by molar-refractivity contribution is 0.0376. The summed E-state index contributed by atoms with van der Waals surface area (Å²) in [5.41, 5.74) is 3.11. The maximum absolute atomic E-state index is 12.4. The fourth-order valence-electron chi connectivity index (χ4n) is 2.68. The van der Waals surface area contributed by atoms with E-state index in [0.29, 0.717) is 35.7 Å². The zero-order chi connectivity index (χ0) is 19.3.